The highest BCUT2D eigenvalue weighted by atomic mass is 16.5. The average molecular weight is 289 g/mol. The number of aromatic nitrogens is 3. The van der Waals surface area contributed by atoms with Gasteiger partial charge in [0.2, 0.25) is 0 Å². The Morgan fingerprint density at radius 3 is 2.76 bits per heavy atom. The van der Waals surface area contributed by atoms with Gasteiger partial charge in [-0.2, -0.15) is 5.10 Å². The highest BCUT2D eigenvalue weighted by Crippen LogP contribution is 2.28. The maximum absolute atomic E-state index is 10.8. The van der Waals surface area contributed by atoms with Crippen LogP contribution in [0.3, 0.4) is 0 Å². The molecule has 1 aromatic heterocycles. The van der Waals surface area contributed by atoms with Crippen molar-refractivity contribution in [3.63, 3.8) is 0 Å². The normalized spacial score (nSPS) is 10.7. The van der Waals surface area contributed by atoms with Crippen LogP contribution in [-0.4, -0.2) is 40.2 Å². The highest BCUT2D eigenvalue weighted by molar-refractivity contribution is 5.81. The highest BCUT2D eigenvalue weighted by Gasteiger charge is 2.07. The van der Waals surface area contributed by atoms with E-state index in [2.05, 4.69) is 15.3 Å². The molecule has 2 aromatic rings. The number of nitrogens with zero attached hydrogens (tertiary/aromatic N) is 4. The fourth-order valence-corrected chi connectivity index (χ4v) is 1.53. The summed E-state index contributed by atoms with van der Waals surface area (Å²) in [5, 5.41) is 11.4. The predicted molar refractivity (Wildman–Crippen MR) is 75.3 cm³/mol. The molecule has 1 heterocycles. The van der Waals surface area contributed by atoms with Crippen molar-refractivity contribution < 1.29 is 14.3 Å². The van der Waals surface area contributed by atoms with E-state index in [-0.39, 0.29) is 6.61 Å². The molecule has 0 fully saturated rings. The van der Waals surface area contributed by atoms with E-state index in [4.69, 9.17) is 15.2 Å². The van der Waals surface area contributed by atoms with E-state index in [9.17, 15) is 4.79 Å². The molecule has 0 spiro atoms. The first-order valence-corrected chi connectivity index (χ1v) is 6.26. The van der Waals surface area contributed by atoms with Crippen LogP contribution in [0.2, 0.25) is 0 Å². The summed E-state index contributed by atoms with van der Waals surface area (Å²) in [7, 11) is 0. The third-order valence-corrected chi connectivity index (χ3v) is 2.38. The fraction of sp³-hybridized carbons (Fsp3) is 0.231. The first kappa shape index (κ1) is 14.5. The summed E-state index contributed by atoms with van der Waals surface area (Å²) in [5.74, 6) is 0.430. The van der Waals surface area contributed by atoms with Crippen LogP contribution in [0.5, 0.6) is 11.5 Å². The second kappa shape index (κ2) is 7.04. The zero-order chi connectivity index (χ0) is 15.1. The summed E-state index contributed by atoms with van der Waals surface area (Å²) in [6, 6.07) is 5.24. The van der Waals surface area contributed by atoms with Gasteiger partial charge in [0.1, 0.15) is 12.7 Å². The van der Waals surface area contributed by atoms with Gasteiger partial charge in [0.25, 0.3) is 5.91 Å². The second-order valence-corrected chi connectivity index (χ2v) is 3.98. The van der Waals surface area contributed by atoms with Crippen molar-refractivity contribution in [3.8, 4) is 11.5 Å². The summed E-state index contributed by atoms with van der Waals surface area (Å²) in [6.45, 7) is 2.13. The zero-order valence-electron chi connectivity index (χ0n) is 11.5. The van der Waals surface area contributed by atoms with Gasteiger partial charge in [-0.25, -0.2) is 4.68 Å². The molecule has 0 atom stereocenters. The summed E-state index contributed by atoms with van der Waals surface area (Å²) in [6.07, 6.45) is 4.58. The number of primary amides is 1. The second-order valence-electron chi connectivity index (χ2n) is 3.98. The number of carbonyl (C=O) groups is 1. The number of amides is 1. The van der Waals surface area contributed by atoms with Gasteiger partial charge in [0.05, 0.1) is 12.8 Å². The van der Waals surface area contributed by atoms with Gasteiger partial charge < -0.3 is 15.2 Å². The number of ether oxygens (including phenoxy) is 2. The summed E-state index contributed by atoms with van der Waals surface area (Å²) in [4.78, 5) is 10.8. The van der Waals surface area contributed by atoms with Crippen molar-refractivity contribution in [3.05, 3.63) is 36.4 Å². The Labute approximate surface area is 121 Å². The topological polar surface area (TPSA) is 105 Å². The third-order valence-electron chi connectivity index (χ3n) is 2.38. The number of carbonyl (C=O) groups excluding carboxylic acids is 1. The largest absolute Gasteiger partial charge is 0.490 e. The van der Waals surface area contributed by atoms with Crippen LogP contribution in [0.15, 0.2) is 36.0 Å². The lowest BCUT2D eigenvalue weighted by molar-refractivity contribution is -0.119. The molecule has 0 unspecified atom stereocenters. The van der Waals surface area contributed by atoms with E-state index in [1.54, 1.807) is 24.4 Å². The molecule has 0 bridgehead atoms. The summed E-state index contributed by atoms with van der Waals surface area (Å²) < 4.78 is 12.2. The molecule has 1 amide bonds. The average Bonchev–Trinajstić information content (AvgIpc) is 2.97. The van der Waals surface area contributed by atoms with Gasteiger partial charge in [-0.3, -0.25) is 4.79 Å². The van der Waals surface area contributed by atoms with Crippen LogP contribution < -0.4 is 15.2 Å². The molecule has 0 saturated carbocycles. The van der Waals surface area contributed by atoms with Crippen LogP contribution in [0, 0.1) is 0 Å². The van der Waals surface area contributed by atoms with Crippen LogP contribution in [0.4, 0.5) is 0 Å². The molecule has 1 aromatic carbocycles. The molecule has 0 aliphatic rings. The quantitative estimate of drug-likeness (QED) is 0.744. The van der Waals surface area contributed by atoms with Crippen molar-refractivity contribution in [1.29, 1.82) is 0 Å². The fourth-order valence-electron chi connectivity index (χ4n) is 1.53. The maximum atomic E-state index is 10.8. The minimum Gasteiger partial charge on any atom is -0.490 e. The third kappa shape index (κ3) is 4.30. The molecule has 0 aliphatic carbocycles. The Hall–Kier alpha value is -2.90. The molecule has 8 heteroatoms. The van der Waals surface area contributed by atoms with Gasteiger partial charge >= 0.3 is 0 Å². The van der Waals surface area contributed by atoms with Crippen LogP contribution in [-0.2, 0) is 4.79 Å². The smallest absolute Gasteiger partial charge is 0.255 e. The lowest BCUT2D eigenvalue weighted by atomic mass is 10.2. The molecular weight excluding hydrogens is 274 g/mol. The van der Waals surface area contributed by atoms with E-state index in [0.717, 1.165) is 5.56 Å². The number of benzene rings is 1. The van der Waals surface area contributed by atoms with E-state index in [1.807, 2.05) is 6.92 Å². The number of hydrogen-bond donors (Lipinski definition) is 1. The van der Waals surface area contributed by atoms with Crippen molar-refractivity contribution >= 4 is 12.1 Å². The van der Waals surface area contributed by atoms with E-state index < -0.39 is 5.91 Å². The van der Waals surface area contributed by atoms with Gasteiger partial charge in [-0.05, 0) is 30.7 Å². The molecular formula is C13H15N5O3. The van der Waals surface area contributed by atoms with Crippen LogP contribution in [0.25, 0.3) is 0 Å². The van der Waals surface area contributed by atoms with E-state index in [1.165, 1.54) is 17.3 Å². The zero-order valence-corrected chi connectivity index (χ0v) is 11.5. The Morgan fingerprint density at radius 2 is 2.10 bits per heavy atom. The van der Waals surface area contributed by atoms with Crippen molar-refractivity contribution in [2.45, 2.75) is 6.92 Å². The molecule has 8 nitrogen and oxygen atoms in total. The van der Waals surface area contributed by atoms with Crippen molar-refractivity contribution in [1.82, 2.24) is 14.9 Å². The molecule has 0 aliphatic heterocycles. The summed E-state index contributed by atoms with van der Waals surface area (Å²) >= 11 is 0. The molecule has 2 N–H and O–H groups in total. The Kier molecular flexibility index (Phi) is 4.86. The monoisotopic (exact) mass is 289 g/mol. The molecule has 0 radical (unpaired) electrons. The van der Waals surface area contributed by atoms with Crippen molar-refractivity contribution in [2.75, 3.05) is 13.2 Å². The van der Waals surface area contributed by atoms with E-state index in [0.29, 0.717) is 18.1 Å². The minimum absolute atomic E-state index is 0.200. The summed E-state index contributed by atoms with van der Waals surface area (Å²) in [5.41, 5.74) is 5.86. The first-order valence-electron chi connectivity index (χ1n) is 6.26. The van der Waals surface area contributed by atoms with Crippen LogP contribution in [0.1, 0.15) is 12.5 Å². The molecule has 2 rings (SSSR count). The molecule has 110 valence electrons. The number of rotatable bonds is 7. The Balaban J connectivity index is 2.16. The Morgan fingerprint density at radius 1 is 1.33 bits per heavy atom. The minimum atomic E-state index is -0.546. The number of hydrogen-bond acceptors (Lipinski definition) is 6. The molecule has 0 saturated heterocycles. The van der Waals surface area contributed by atoms with Crippen LogP contribution >= 0.6 is 0 Å². The Bertz CT molecular complexity index is 625. The number of nitrogens with two attached hydrogens (primary N) is 1. The van der Waals surface area contributed by atoms with Gasteiger partial charge in [0.15, 0.2) is 18.1 Å². The SMILES string of the molecule is CCOc1cc(/C=N\n2cnnc2)ccc1OCC(N)=O. The van der Waals surface area contributed by atoms with Gasteiger partial charge in [-0.15, -0.1) is 10.2 Å². The van der Waals surface area contributed by atoms with Gasteiger partial charge in [-0.1, -0.05) is 0 Å². The predicted octanol–water partition coefficient (Wildman–Crippen LogP) is 0.423. The standard InChI is InChI=1S/C13H15N5O3/c1-2-20-12-5-10(6-17-18-8-15-16-9-18)3-4-11(12)21-7-13(14)19/h3-6,8-9H,2,7H2,1H3,(H2,14,19)/b17-6-. The lowest BCUT2D eigenvalue weighted by Gasteiger charge is -2.11. The van der Waals surface area contributed by atoms with E-state index >= 15 is 0 Å². The maximum Gasteiger partial charge on any atom is 0.255 e. The lowest BCUT2D eigenvalue weighted by Crippen LogP contribution is -2.20. The van der Waals surface area contributed by atoms with Crippen molar-refractivity contribution in [2.24, 2.45) is 10.8 Å². The van der Waals surface area contributed by atoms with Gasteiger partial charge in [0, 0.05) is 0 Å². The molecule has 21 heavy (non-hydrogen) atoms. The first-order chi connectivity index (χ1) is 10.2.